The summed E-state index contributed by atoms with van der Waals surface area (Å²) in [6.45, 7) is 1.95. The summed E-state index contributed by atoms with van der Waals surface area (Å²) < 4.78 is 23.3. The van der Waals surface area contributed by atoms with Crippen LogP contribution in [0.3, 0.4) is 0 Å². The van der Waals surface area contributed by atoms with Gasteiger partial charge in [-0.25, -0.2) is 18.4 Å². The largest absolute Gasteiger partial charge is 0.356 e. The molecule has 1 unspecified atom stereocenters. The average Bonchev–Trinajstić information content (AvgIpc) is 3.00. The van der Waals surface area contributed by atoms with E-state index in [0.717, 1.165) is 6.41 Å². The standard InChI is InChI=1S/C15H21N5O4S/c1-18(12-2-7-25(23,24)9-12)14-8-13(16-10-17-14)15(22)20-5-3-19(11-21)4-6-20/h8,10-12H,2-7,9H2,1H3. The van der Waals surface area contributed by atoms with Gasteiger partial charge in [-0.15, -0.1) is 0 Å². The zero-order valence-electron chi connectivity index (χ0n) is 14.0. The smallest absolute Gasteiger partial charge is 0.272 e. The lowest BCUT2D eigenvalue weighted by atomic mass is 10.2. The van der Waals surface area contributed by atoms with Crippen molar-refractivity contribution in [3.63, 3.8) is 0 Å². The Balaban J connectivity index is 1.71. The number of carbonyl (C=O) groups excluding carboxylic acids is 2. The van der Waals surface area contributed by atoms with Gasteiger partial charge in [-0.1, -0.05) is 0 Å². The zero-order valence-corrected chi connectivity index (χ0v) is 14.9. The summed E-state index contributed by atoms with van der Waals surface area (Å²) in [5.41, 5.74) is 0.275. The molecule has 1 aromatic heterocycles. The lowest BCUT2D eigenvalue weighted by Gasteiger charge is -2.32. The highest BCUT2D eigenvalue weighted by Gasteiger charge is 2.31. The quantitative estimate of drug-likeness (QED) is 0.630. The minimum absolute atomic E-state index is 0.102. The first-order chi connectivity index (χ1) is 11.9. The summed E-state index contributed by atoms with van der Waals surface area (Å²) in [6, 6.07) is 1.46. The van der Waals surface area contributed by atoms with E-state index in [0.29, 0.717) is 38.4 Å². The molecule has 0 bridgehead atoms. The molecular formula is C15H21N5O4S. The number of piperazine rings is 1. The van der Waals surface area contributed by atoms with Crippen molar-refractivity contribution < 1.29 is 18.0 Å². The number of nitrogens with zero attached hydrogens (tertiary/aromatic N) is 5. The molecule has 2 saturated heterocycles. The minimum atomic E-state index is -2.99. The summed E-state index contributed by atoms with van der Waals surface area (Å²) >= 11 is 0. The monoisotopic (exact) mass is 367 g/mol. The molecule has 25 heavy (non-hydrogen) atoms. The number of anilines is 1. The predicted octanol–water partition coefficient (Wildman–Crippen LogP) is -0.986. The Morgan fingerprint density at radius 2 is 2.00 bits per heavy atom. The van der Waals surface area contributed by atoms with E-state index in [4.69, 9.17) is 0 Å². The molecule has 0 aliphatic carbocycles. The molecule has 0 spiro atoms. The number of hydrogen-bond acceptors (Lipinski definition) is 7. The van der Waals surface area contributed by atoms with Crippen LogP contribution in [0.2, 0.25) is 0 Å². The number of aromatic nitrogens is 2. The second kappa shape index (κ2) is 6.95. The first-order valence-corrected chi connectivity index (χ1v) is 9.96. The van der Waals surface area contributed by atoms with E-state index in [-0.39, 0.29) is 29.1 Å². The Morgan fingerprint density at radius 1 is 1.28 bits per heavy atom. The van der Waals surface area contributed by atoms with Gasteiger partial charge in [-0.3, -0.25) is 9.59 Å². The molecule has 3 rings (SSSR count). The first-order valence-electron chi connectivity index (χ1n) is 8.13. The lowest BCUT2D eigenvalue weighted by Crippen LogP contribution is -2.48. The van der Waals surface area contributed by atoms with Crippen molar-refractivity contribution in [3.8, 4) is 0 Å². The van der Waals surface area contributed by atoms with E-state index in [9.17, 15) is 18.0 Å². The molecule has 2 aliphatic rings. The third kappa shape index (κ3) is 3.89. The van der Waals surface area contributed by atoms with Crippen molar-refractivity contribution in [2.24, 2.45) is 0 Å². The van der Waals surface area contributed by atoms with Crippen LogP contribution >= 0.6 is 0 Å². The highest BCUT2D eigenvalue weighted by atomic mass is 32.2. The SMILES string of the molecule is CN(c1cc(C(=O)N2CCN(C=O)CC2)ncn1)C1CCS(=O)(=O)C1. The Kier molecular flexibility index (Phi) is 4.89. The molecular weight excluding hydrogens is 346 g/mol. The highest BCUT2D eigenvalue weighted by molar-refractivity contribution is 7.91. The maximum Gasteiger partial charge on any atom is 0.272 e. The molecule has 0 saturated carbocycles. The Bertz CT molecular complexity index is 761. The van der Waals surface area contributed by atoms with Gasteiger partial charge in [0.2, 0.25) is 6.41 Å². The molecule has 2 aliphatic heterocycles. The maximum absolute atomic E-state index is 12.6. The fraction of sp³-hybridized carbons (Fsp3) is 0.600. The lowest BCUT2D eigenvalue weighted by molar-refractivity contribution is -0.119. The molecule has 136 valence electrons. The van der Waals surface area contributed by atoms with Crippen LogP contribution in [-0.2, 0) is 14.6 Å². The van der Waals surface area contributed by atoms with Gasteiger partial charge in [0, 0.05) is 45.3 Å². The highest BCUT2D eigenvalue weighted by Crippen LogP contribution is 2.21. The van der Waals surface area contributed by atoms with Crippen molar-refractivity contribution in [2.45, 2.75) is 12.5 Å². The number of hydrogen-bond donors (Lipinski definition) is 0. The van der Waals surface area contributed by atoms with Crippen LogP contribution in [0.5, 0.6) is 0 Å². The van der Waals surface area contributed by atoms with Gasteiger partial charge in [0.25, 0.3) is 5.91 Å². The van der Waals surface area contributed by atoms with Crippen molar-refractivity contribution in [1.82, 2.24) is 19.8 Å². The summed E-state index contributed by atoms with van der Waals surface area (Å²) in [6.07, 6.45) is 2.67. The molecule has 9 nitrogen and oxygen atoms in total. The molecule has 0 aromatic carbocycles. The molecule has 1 atom stereocenters. The van der Waals surface area contributed by atoms with E-state index in [1.54, 1.807) is 27.8 Å². The van der Waals surface area contributed by atoms with Gasteiger partial charge in [0.05, 0.1) is 11.5 Å². The fourth-order valence-corrected chi connectivity index (χ4v) is 4.89. The van der Waals surface area contributed by atoms with Gasteiger partial charge in [0.1, 0.15) is 17.8 Å². The minimum Gasteiger partial charge on any atom is -0.356 e. The normalized spacial score (nSPS) is 22.7. The van der Waals surface area contributed by atoms with E-state index in [2.05, 4.69) is 9.97 Å². The average molecular weight is 367 g/mol. The first kappa shape index (κ1) is 17.6. The predicted molar refractivity (Wildman–Crippen MR) is 91.0 cm³/mol. The zero-order chi connectivity index (χ0) is 18.0. The van der Waals surface area contributed by atoms with Gasteiger partial charge in [-0.05, 0) is 6.42 Å². The topological polar surface area (TPSA) is 104 Å². The molecule has 2 amide bonds. The van der Waals surface area contributed by atoms with E-state index in [1.165, 1.54) is 6.33 Å². The van der Waals surface area contributed by atoms with Gasteiger partial charge in [-0.2, -0.15) is 0 Å². The maximum atomic E-state index is 12.6. The third-order valence-corrected chi connectivity index (χ3v) is 6.49. The Labute approximate surface area is 146 Å². The van der Waals surface area contributed by atoms with E-state index < -0.39 is 9.84 Å². The van der Waals surface area contributed by atoms with Crippen LogP contribution in [0, 0.1) is 0 Å². The van der Waals surface area contributed by atoms with Crippen molar-refractivity contribution in [1.29, 1.82) is 0 Å². The molecule has 10 heteroatoms. The number of sulfone groups is 1. The summed E-state index contributed by atoms with van der Waals surface area (Å²) in [5, 5.41) is 0. The van der Waals surface area contributed by atoms with E-state index in [1.807, 2.05) is 0 Å². The van der Waals surface area contributed by atoms with Crippen LogP contribution in [-0.4, -0.2) is 91.3 Å². The van der Waals surface area contributed by atoms with Crippen LogP contribution < -0.4 is 4.90 Å². The van der Waals surface area contributed by atoms with Crippen LogP contribution in [0.1, 0.15) is 16.9 Å². The second-order valence-electron chi connectivity index (χ2n) is 6.36. The van der Waals surface area contributed by atoms with Crippen molar-refractivity contribution in [3.05, 3.63) is 18.1 Å². The number of amides is 2. The molecule has 0 radical (unpaired) electrons. The third-order valence-electron chi connectivity index (χ3n) is 4.74. The number of carbonyl (C=O) groups is 2. The van der Waals surface area contributed by atoms with Gasteiger partial charge in [0.15, 0.2) is 9.84 Å². The molecule has 0 N–H and O–H groups in total. The molecule has 3 heterocycles. The van der Waals surface area contributed by atoms with Crippen molar-refractivity contribution >= 4 is 28.0 Å². The fourth-order valence-electron chi connectivity index (χ4n) is 3.12. The van der Waals surface area contributed by atoms with Crippen LogP contribution in [0.25, 0.3) is 0 Å². The molecule has 2 fully saturated rings. The molecule has 1 aromatic rings. The van der Waals surface area contributed by atoms with E-state index >= 15 is 0 Å². The van der Waals surface area contributed by atoms with Gasteiger partial charge < -0.3 is 14.7 Å². The van der Waals surface area contributed by atoms with Gasteiger partial charge >= 0.3 is 0 Å². The Hall–Kier alpha value is -2.23. The second-order valence-corrected chi connectivity index (χ2v) is 8.59. The Morgan fingerprint density at radius 3 is 2.60 bits per heavy atom. The number of rotatable bonds is 4. The summed E-state index contributed by atoms with van der Waals surface area (Å²) in [7, 11) is -1.21. The summed E-state index contributed by atoms with van der Waals surface area (Å²) in [5.74, 6) is 0.609. The van der Waals surface area contributed by atoms with Crippen LogP contribution in [0.4, 0.5) is 5.82 Å². The van der Waals surface area contributed by atoms with Crippen molar-refractivity contribution in [2.75, 3.05) is 49.6 Å². The van der Waals surface area contributed by atoms with Crippen LogP contribution in [0.15, 0.2) is 12.4 Å². The summed E-state index contributed by atoms with van der Waals surface area (Å²) in [4.78, 5) is 36.7.